The van der Waals surface area contributed by atoms with Crippen LogP contribution in [0.15, 0.2) is 41.4 Å². The predicted octanol–water partition coefficient (Wildman–Crippen LogP) is 3.17. The van der Waals surface area contributed by atoms with E-state index in [2.05, 4.69) is 25.0 Å². The number of nitrogens with one attached hydrogen (secondary N) is 3. The van der Waals surface area contributed by atoms with Crippen LogP contribution in [0.5, 0.6) is 0 Å². The maximum Gasteiger partial charge on any atom is 0.490 e. The number of pyridine rings is 1. The van der Waals surface area contributed by atoms with Gasteiger partial charge in [0.05, 0.1) is 16.7 Å². The Bertz CT molecular complexity index is 1220. The number of carboxylic acids is 1. The first-order valence-corrected chi connectivity index (χ1v) is 11.4. The summed E-state index contributed by atoms with van der Waals surface area (Å²) in [5.41, 5.74) is 2.95. The van der Waals surface area contributed by atoms with Gasteiger partial charge in [-0.1, -0.05) is 0 Å². The van der Waals surface area contributed by atoms with E-state index in [1.807, 2.05) is 13.0 Å². The first-order valence-electron chi connectivity index (χ1n) is 9.91. The van der Waals surface area contributed by atoms with E-state index in [1.54, 1.807) is 24.3 Å². The number of benzene rings is 1. The number of aromatic nitrogens is 3. The third-order valence-electron chi connectivity index (χ3n) is 4.92. The van der Waals surface area contributed by atoms with Crippen molar-refractivity contribution in [2.24, 2.45) is 0 Å². The molecule has 0 aliphatic carbocycles. The highest BCUT2D eigenvalue weighted by molar-refractivity contribution is 7.92. The van der Waals surface area contributed by atoms with Crippen molar-refractivity contribution < 1.29 is 31.5 Å². The van der Waals surface area contributed by atoms with E-state index < -0.39 is 22.2 Å². The standard InChI is InChI=1S/C18H21N5O2S.C2HF3O2/c1-12-2-4-15(11-20-12)26(24,25)23-14-3-5-16-17(10-14)22-18(21-16)13-6-8-19-9-7-13;3-2(4,5)1(6)7/h2-5,10-11,13,19,23H,6-9H2,1H3,(H,21,22);(H,6,7). The number of H-pyrrole nitrogens is 1. The summed E-state index contributed by atoms with van der Waals surface area (Å²) >= 11 is 0. The first kappa shape index (κ1) is 24.5. The lowest BCUT2D eigenvalue weighted by atomic mass is 9.98. The minimum atomic E-state index is -5.08. The van der Waals surface area contributed by atoms with Crippen molar-refractivity contribution in [2.45, 2.75) is 36.8 Å². The van der Waals surface area contributed by atoms with Crippen LogP contribution in [0.1, 0.15) is 30.3 Å². The van der Waals surface area contributed by atoms with Gasteiger partial charge < -0.3 is 15.4 Å². The molecule has 1 aromatic carbocycles. The summed E-state index contributed by atoms with van der Waals surface area (Å²) < 4.78 is 59.4. The SMILES string of the molecule is Cc1ccc(S(=O)(=O)Nc2ccc3nc(C4CCNCC4)[nH]c3c2)cn1.O=C(O)C(F)(F)F. The molecule has 3 aromatic rings. The molecule has 4 rings (SSSR count). The Morgan fingerprint density at radius 1 is 1.18 bits per heavy atom. The van der Waals surface area contributed by atoms with Crippen LogP contribution in [0.25, 0.3) is 11.0 Å². The lowest BCUT2D eigenvalue weighted by Gasteiger charge is -2.20. The summed E-state index contributed by atoms with van der Waals surface area (Å²) in [4.78, 5) is 21.1. The van der Waals surface area contributed by atoms with Crippen LogP contribution in [0, 0.1) is 6.92 Å². The molecule has 0 amide bonds. The smallest absolute Gasteiger partial charge is 0.475 e. The van der Waals surface area contributed by atoms with E-state index in [-0.39, 0.29) is 4.90 Å². The van der Waals surface area contributed by atoms with Gasteiger partial charge >= 0.3 is 12.1 Å². The summed E-state index contributed by atoms with van der Waals surface area (Å²) in [6.45, 7) is 3.81. The van der Waals surface area contributed by atoms with Crippen molar-refractivity contribution in [3.8, 4) is 0 Å². The number of hydrogen-bond acceptors (Lipinski definition) is 6. The molecule has 0 bridgehead atoms. The normalized spacial score (nSPS) is 15.0. The van der Waals surface area contributed by atoms with Crippen LogP contribution >= 0.6 is 0 Å². The maximum absolute atomic E-state index is 12.5. The van der Waals surface area contributed by atoms with Crippen LogP contribution in [0.2, 0.25) is 0 Å². The van der Waals surface area contributed by atoms with Crippen molar-refractivity contribution in [3.63, 3.8) is 0 Å². The molecule has 1 aliphatic heterocycles. The van der Waals surface area contributed by atoms with Crippen molar-refractivity contribution in [3.05, 3.63) is 48.0 Å². The Morgan fingerprint density at radius 2 is 1.85 bits per heavy atom. The molecule has 1 saturated heterocycles. The number of carboxylic acid groups (broad SMARTS) is 1. The van der Waals surface area contributed by atoms with Crippen molar-refractivity contribution in [2.75, 3.05) is 17.8 Å². The molecule has 1 fully saturated rings. The summed E-state index contributed by atoms with van der Waals surface area (Å²) in [7, 11) is -3.67. The van der Waals surface area contributed by atoms with Gasteiger partial charge in [-0.15, -0.1) is 0 Å². The first-order chi connectivity index (χ1) is 15.5. The highest BCUT2D eigenvalue weighted by atomic mass is 32.2. The molecule has 1 aliphatic rings. The van der Waals surface area contributed by atoms with E-state index in [1.165, 1.54) is 6.20 Å². The molecule has 13 heteroatoms. The summed E-state index contributed by atoms with van der Waals surface area (Å²) in [5, 5.41) is 10.5. The number of anilines is 1. The number of fused-ring (bicyclic) bond motifs is 1. The monoisotopic (exact) mass is 485 g/mol. The lowest BCUT2D eigenvalue weighted by Crippen LogP contribution is -2.27. The fourth-order valence-electron chi connectivity index (χ4n) is 3.21. The topological polar surface area (TPSA) is 137 Å². The van der Waals surface area contributed by atoms with Gasteiger partial charge in [-0.3, -0.25) is 9.71 Å². The molecule has 4 N–H and O–H groups in total. The zero-order valence-corrected chi connectivity index (χ0v) is 18.3. The fraction of sp³-hybridized carbons (Fsp3) is 0.350. The number of nitrogens with zero attached hydrogens (tertiary/aromatic N) is 2. The van der Waals surface area contributed by atoms with Gasteiger partial charge in [0, 0.05) is 17.8 Å². The predicted molar refractivity (Wildman–Crippen MR) is 114 cm³/mol. The number of hydrogen-bond donors (Lipinski definition) is 4. The second-order valence-corrected chi connectivity index (χ2v) is 9.10. The molecule has 0 radical (unpaired) electrons. The van der Waals surface area contributed by atoms with E-state index in [4.69, 9.17) is 9.90 Å². The number of alkyl halides is 3. The number of aromatic amines is 1. The molecule has 33 heavy (non-hydrogen) atoms. The Hall–Kier alpha value is -3.19. The van der Waals surface area contributed by atoms with Crippen LogP contribution in [-0.2, 0) is 14.8 Å². The summed E-state index contributed by atoms with van der Waals surface area (Å²) in [6.07, 6.45) is -1.61. The van der Waals surface area contributed by atoms with Crippen molar-refractivity contribution in [1.29, 1.82) is 0 Å². The number of aryl methyl sites for hydroxylation is 1. The largest absolute Gasteiger partial charge is 0.490 e. The minimum absolute atomic E-state index is 0.142. The quantitative estimate of drug-likeness (QED) is 0.445. The van der Waals surface area contributed by atoms with E-state index >= 15 is 0 Å². The number of imidazole rings is 1. The summed E-state index contributed by atoms with van der Waals surface area (Å²) in [5.74, 6) is -1.36. The van der Waals surface area contributed by atoms with Crippen molar-refractivity contribution >= 4 is 32.7 Å². The minimum Gasteiger partial charge on any atom is -0.475 e. The number of aliphatic carboxylic acids is 1. The van der Waals surface area contributed by atoms with Crippen LogP contribution < -0.4 is 10.0 Å². The molecule has 0 unspecified atom stereocenters. The molecule has 178 valence electrons. The molecule has 3 heterocycles. The van der Waals surface area contributed by atoms with Crippen LogP contribution in [0.4, 0.5) is 18.9 Å². The van der Waals surface area contributed by atoms with Gasteiger partial charge in [-0.2, -0.15) is 13.2 Å². The van der Waals surface area contributed by atoms with Gasteiger partial charge in [0.2, 0.25) is 0 Å². The lowest BCUT2D eigenvalue weighted by molar-refractivity contribution is -0.192. The Labute approximate surface area is 187 Å². The third kappa shape index (κ3) is 6.42. The zero-order chi connectivity index (χ0) is 24.2. The number of carbonyl (C=O) groups is 1. The number of piperidine rings is 1. The average Bonchev–Trinajstić information content (AvgIpc) is 3.18. The molecule has 0 saturated carbocycles. The van der Waals surface area contributed by atoms with Gasteiger partial charge in [0.25, 0.3) is 10.0 Å². The summed E-state index contributed by atoms with van der Waals surface area (Å²) in [6, 6.07) is 8.58. The van der Waals surface area contributed by atoms with Gasteiger partial charge in [0.1, 0.15) is 10.7 Å². The Balaban J connectivity index is 0.000000383. The third-order valence-corrected chi connectivity index (χ3v) is 6.28. The highest BCUT2D eigenvalue weighted by Crippen LogP contribution is 2.27. The second kappa shape index (κ2) is 9.75. The van der Waals surface area contributed by atoms with E-state index in [9.17, 15) is 21.6 Å². The maximum atomic E-state index is 12.5. The zero-order valence-electron chi connectivity index (χ0n) is 17.5. The van der Waals surface area contributed by atoms with E-state index in [0.717, 1.165) is 48.5 Å². The Kier molecular flexibility index (Phi) is 7.22. The Morgan fingerprint density at radius 3 is 2.42 bits per heavy atom. The van der Waals surface area contributed by atoms with Crippen LogP contribution in [0.3, 0.4) is 0 Å². The number of rotatable bonds is 4. The molecular weight excluding hydrogens is 463 g/mol. The highest BCUT2D eigenvalue weighted by Gasteiger charge is 2.38. The van der Waals surface area contributed by atoms with Gasteiger partial charge in [0.15, 0.2) is 0 Å². The molecule has 9 nitrogen and oxygen atoms in total. The molecular formula is C20H22F3N5O4S. The van der Waals surface area contributed by atoms with Crippen LogP contribution in [-0.4, -0.2) is 53.7 Å². The van der Waals surface area contributed by atoms with Gasteiger partial charge in [-0.25, -0.2) is 18.2 Å². The average molecular weight is 485 g/mol. The number of halogens is 3. The van der Waals surface area contributed by atoms with E-state index in [0.29, 0.717) is 11.6 Å². The molecule has 0 atom stereocenters. The molecule has 0 spiro atoms. The fourth-order valence-corrected chi connectivity index (χ4v) is 4.20. The van der Waals surface area contributed by atoms with Crippen molar-refractivity contribution in [1.82, 2.24) is 20.3 Å². The van der Waals surface area contributed by atoms with Gasteiger partial charge in [-0.05, 0) is 63.2 Å². The number of sulfonamides is 1. The molecule has 2 aromatic heterocycles. The second-order valence-electron chi connectivity index (χ2n) is 7.42.